The van der Waals surface area contributed by atoms with E-state index in [1.54, 1.807) is 13.8 Å². The van der Waals surface area contributed by atoms with Gasteiger partial charge in [-0.2, -0.15) is 0 Å². The molecule has 0 bridgehead atoms. The molecule has 2 aromatic rings. The Kier molecular flexibility index (Phi) is 4.50. The smallest absolute Gasteiger partial charge is 0.223 e. The highest BCUT2D eigenvalue weighted by molar-refractivity contribution is 5.35. The number of aliphatic hydroxyl groups is 2. The van der Waals surface area contributed by atoms with Crippen molar-refractivity contribution in [3.63, 3.8) is 0 Å². The number of hydrogen-bond donors (Lipinski definition) is 2. The predicted molar refractivity (Wildman–Crippen MR) is 86.8 cm³/mol. The van der Waals surface area contributed by atoms with Crippen LogP contribution in [0.3, 0.4) is 0 Å². The predicted octanol–water partition coefficient (Wildman–Crippen LogP) is 2.43. The van der Waals surface area contributed by atoms with Crippen molar-refractivity contribution in [3.8, 4) is 0 Å². The largest absolute Gasteiger partial charge is 0.391 e. The fraction of sp³-hybridized carbons (Fsp3) is 0.368. The van der Waals surface area contributed by atoms with Crippen molar-refractivity contribution in [2.45, 2.75) is 44.1 Å². The van der Waals surface area contributed by atoms with Crippen molar-refractivity contribution in [3.05, 3.63) is 71.8 Å². The number of aliphatic hydroxyl groups excluding tert-OH is 2. The summed E-state index contributed by atoms with van der Waals surface area (Å²) >= 11 is 0. The van der Waals surface area contributed by atoms with Crippen molar-refractivity contribution in [1.82, 2.24) is 0 Å². The van der Waals surface area contributed by atoms with Gasteiger partial charge in [-0.05, 0) is 13.8 Å². The zero-order valence-corrected chi connectivity index (χ0v) is 13.3. The normalized spacial score (nSPS) is 25.9. The van der Waals surface area contributed by atoms with Crippen LogP contribution in [0.1, 0.15) is 25.0 Å². The van der Waals surface area contributed by atoms with E-state index in [0.717, 1.165) is 11.1 Å². The Bertz CT molecular complexity index is 567. The van der Waals surface area contributed by atoms with Crippen LogP contribution in [0, 0.1) is 0 Å². The van der Waals surface area contributed by atoms with Gasteiger partial charge in [0.25, 0.3) is 0 Å². The van der Waals surface area contributed by atoms with Gasteiger partial charge in [-0.3, -0.25) is 0 Å². The van der Waals surface area contributed by atoms with Crippen molar-refractivity contribution >= 4 is 0 Å². The molecule has 1 aliphatic heterocycles. The molecule has 0 amide bonds. The van der Waals surface area contributed by atoms with E-state index >= 15 is 0 Å². The molecule has 3 rings (SSSR count). The maximum absolute atomic E-state index is 10.1. The first-order valence-corrected chi connectivity index (χ1v) is 7.87. The molecule has 4 unspecified atom stereocenters. The van der Waals surface area contributed by atoms with Gasteiger partial charge in [0.05, 0.1) is 12.2 Å². The average Bonchev–Trinajstić information content (AvgIpc) is 2.99. The van der Waals surface area contributed by atoms with Crippen molar-refractivity contribution in [2.75, 3.05) is 0 Å². The second kappa shape index (κ2) is 6.42. The number of hydrogen-bond acceptors (Lipinski definition) is 4. The molecule has 1 aliphatic rings. The van der Waals surface area contributed by atoms with Crippen LogP contribution >= 0.6 is 0 Å². The summed E-state index contributed by atoms with van der Waals surface area (Å²) in [4.78, 5) is 0. The van der Waals surface area contributed by atoms with Crippen LogP contribution in [0.4, 0.5) is 0 Å². The Balaban J connectivity index is 2.11. The molecule has 4 heteroatoms. The Hall–Kier alpha value is -1.72. The Morgan fingerprint density at radius 2 is 1.09 bits per heavy atom. The Morgan fingerprint density at radius 3 is 1.39 bits per heavy atom. The van der Waals surface area contributed by atoms with E-state index < -0.39 is 30.2 Å². The van der Waals surface area contributed by atoms with Crippen molar-refractivity contribution in [2.24, 2.45) is 0 Å². The highest BCUT2D eigenvalue weighted by Gasteiger charge is 2.52. The highest BCUT2D eigenvalue weighted by atomic mass is 16.8. The Labute approximate surface area is 136 Å². The van der Waals surface area contributed by atoms with Gasteiger partial charge in [0, 0.05) is 11.1 Å². The minimum Gasteiger partial charge on any atom is -0.391 e. The van der Waals surface area contributed by atoms with Crippen LogP contribution in [0.15, 0.2) is 60.7 Å². The van der Waals surface area contributed by atoms with E-state index in [4.69, 9.17) is 9.47 Å². The van der Waals surface area contributed by atoms with Gasteiger partial charge in [-0.1, -0.05) is 60.7 Å². The highest BCUT2D eigenvalue weighted by Crippen LogP contribution is 2.44. The topological polar surface area (TPSA) is 58.9 Å². The summed E-state index contributed by atoms with van der Waals surface area (Å²) in [5.74, 6) is -1.13. The minimum atomic E-state index is -1.13. The molecule has 0 aliphatic carbocycles. The second-order valence-electron chi connectivity index (χ2n) is 5.99. The molecule has 2 N–H and O–H groups in total. The average molecular weight is 314 g/mol. The summed E-state index contributed by atoms with van der Waals surface area (Å²) in [6.45, 7) is 3.30. The number of ether oxygens (including phenoxy) is 2. The molecular formula is C19H22O4. The summed E-state index contributed by atoms with van der Waals surface area (Å²) in [5, 5.41) is 20.2. The van der Waals surface area contributed by atoms with Crippen LogP contribution in [0.2, 0.25) is 0 Å². The lowest BCUT2D eigenvalue weighted by molar-refractivity contribution is -0.163. The molecule has 23 heavy (non-hydrogen) atoms. The first-order chi connectivity index (χ1) is 11.0. The maximum Gasteiger partial charge on any atom is 0.223 e. The van der Waals surface area contributed by atoms with Gasteiger partial charge < -0.3 is 19.7 Å². The zero-order chi connectivity index (χ0) is 16.4. The molecule has 0 radical (unpaired) electrons. The van der Waals surface area contributed by atoms with Gasteiger partial charge in [0.2, 0.25) is 5.79 Å². The van der Waals surface area contributed by atoms with E-state index in [1.165, 1.54) is 0 Å². The van der Waals surface area contributed by atoms with Crippen LogP contribution < -0.4 is 0 Å². The van der Waals surface area contributed by atoms with Crippen molar-refractivity contribution < 1.29 is 19.7 Å². The van der Waals surface area contributed by atoms with Crippen LogP contribution in [0.25, 0.3) is 0 Å². The van der Waals surface area contributed by atoms with Crippen LogP contribution in [0.5, 0.6) is 0 Å². The third kappa shape index (κ3) is 2.91. The van der Waals surface area contributed by atoms with Gasteiger partial charge in [0.1, 0.15) is 12.2 Å². The number of rotatable bonds is 4. The fourth-order valence-electron chi connectivity index (χ4n) is 3.05. The summed E-state index contributed by atoms with van der Waals surface area (Å²) < 4.78 is 12.4. The molecular weight excluding hydrogens is 292 g/mol. The molecule has 1 saturated heterocycles. The molecule has 0 spiro atoms. The van der Waals surface area contributed by atoms with Gasteiger partial charge >= 0.3 is 0 Å². The third-order valence-corrected chi connectivity index (χ3v) is 4.19. The molecule has 122 valence electrons. The summed E-state index contributed by atoms with van der Waals surface area (Å²) in [5.41, 5.74) is 1.67. The maximum atomic E-state index is 10.1. The quantitative estimate of drug-likeness (QED) is 0.910. The lowest BCUT2D eigenvalue weighted by Crippen LogP contribution is -2.39. The number of benzene rings is 2. The van der Waals surface area contributed by atoms with E-state index in [2.05, 4.69) is 0 Å². The lowest BCUT2D eigenvalue weighted by Gasteiger charge is -2.29. The van der Waals surface area contributed by atoms with Crippen molar-refractivity contribution in [1.29, 1.82) is 0 Å². The Morgan fingerprint density at radius 1 is 0.739 bits per heavy atom. The zero-order valence-electron chi connectivity index (χ0n) is 13.3. The van der Waals surface area contributed by atoms with Gasteiger partial charge in [0.15, 0.2) is 0 Å². The monoisotopic (exact) mass is 314 g/mol. The van der Waals surface area contributed by atoms with Crippen LogP contribution in [-0.2, 0) is 15.3 Å². The molecule has 4 atom stereocenters. The summed E-state index contributed by atoms with van der Waals surface area (Å²) in [6.07, 6.45) is -2.75. The summed E-state index contributed by atoms with van der Waals surface area (Å²) in [7, 11) is 0. The first-order valence-electron chi connectivity index (χ1n) is 7.87. The van der Waals surface area contributed by atoms with Gasteiger partial charge in [-0.25, -0.2) is 0 Å². The molecule has 4 nitrogen and oxygen atoms in total. The summed E-state index contributed by atoms with van der Waals surface area (Å²) in [6, 6.07) is 19.2. The molecule has 1 heterocycles. The first kappa shape index (κ1) is 16.1. The van der Waals surface area contributed by atoms with E-state index in [9.17, 15) is 10.2 Å². The molecule has 0 aromatic heterocycles. The molecule has 0 saturated carbocycles. The lowest BCUT2D eigenvalue weighted by atomic mass is 9.97. The van der Waals surface area contributed by atoms with E-state index in [0.29, 0.717) is 0 Å². The van der Waals surface area contributed by atoms with Crippen LogP contribution in [-0.4, -0.2) is 34.6 Å². The molecule has 1 fully saturated rings. The SMILES string of the molecule is CC(O)C1OC(c2ccccc2)(c2ccccc2)OC1C(C)O. The van der Waals surface area contributed by atoms with E-state index in [-0.39, 0.29) is 0 Å². The minimum absolute atomic E-state index is 0.615. The third-order valence-electron chi connectivity index (χ3n) is 4.19. The second-order valence-corrected chi connectivity index (χ2v) is 5.99. The fourth-order valence-corrected chi connectivity index (χ4v) is 3.05. The van der Waals surface area contributed by atoms with E-state index in [1.807, 2.05) is 60.7 Å². The molecule has 2 aromatic carbocycles. The van der Waals surface area contributed by atoms with Gasteiger partial charge in [-0.15, -0.1) is 0 Å². The standard InChI is InChI=1S/C19H22O4/c1-13(20)17-18(14(2)21)23-19(22-17,15-9-5-3-6-10-15)16-11-7-4-8-12-16/h3-14,17-18,20-21H,1-2H3.